The molecule has 1 amide bonds. The third kappa shape index (κ3) is 5.07. The summed E-state index contributed by atoms with van der Waals surface area (Å²) in [6.45, 7) is 3.57. The lowest BCUT2D eigenvalue weighted by atomic mass is 9.94. The number of carbonyl (C=O) groups excluding carboxylic acids is 1. The zero-order chi connectivity index (χ0) is 20.2. The first-order chi connectivity index (χ1) is 12.6. The van der Waals surface area contributed by atoms with E-state index in [0.717, 1.165) is 19.3 Å². The van der Waals surface area contributed by atoms with Crippen LogP contribution in [0.5, 0.6) is 0 Å². The minimum absolute atomic E-state index is 0.119. The Balaban J connectivity index is 2.14. The van der Waals surface area contributed by atoms with Gasteiger partial charge in [-0.25, -0.2) is 8.42 Å². The number of carboxylic acids is 1. The second-order valence-corrected chi connectivity index (χ2v) is 9.30. The van der Waals surface area contributed by atoms with Crippen molar-refractivity contribution in [2.75, 3.05) is 7.05 Å². The number of nitrogens with one attached hydrogen (secondary N) is 1. The number of amides is 1. The van der Waals surface area contributed by atoms with Gasteiger partial charge in [0.2, 0.25) is 10.0 Å². The molecule has 2 N–H and O–H groups in total. The monoisotopic (exact) mass is 396 g/mol. The molecular formula is C19H28N2O5S. The number of nitrogens with zero attached hydrogens (tertiary/aromatic N) is 1. The highest BCUT2D eigenvalue weighted by Crippen LogP contribution is 2.24. The van der Waals surface area contributed by atoms with Crippen LogP contribution in [-0.4, -0.2) is 48.8 Å². The van der Waals surface area contributed by atoms with Gasteiger partial charge in [0.25, 0.3) is 5.91 Å². The van der Waals surface area contributed by atoms with Gasteiger partial charge in [-0.3, -0.25) is 9.59 Å². The summed E-state index contributed by atoms with van der Waals surface area (Å²) in [6.07, 6.45) is 3.88. The van der Waals surface area contributed by atoms with Gasteiger partial charge >= 0.3 is 5.97 Å². The molecule has 150 valence electrons. The van der Waals surface area contributed by atoms with Crippen molar-refractivity contribution in [3.8, 4) is 0 Å². The highest BCUT2D eigenvalue weighted by Gasteiger charge is 2.31. The first-order valence-electron chi connectivity index (χ1n) is 9.26. The van der Waals surface area contributed by atoms with Crippen LogP contribution < -0.4 is 5.32 Å². The molecule has 0 aliphatic heterocycles. The normalized spacial score (nSPS) is 21.1. The molecule has 0 aromatic heterocycles. The van der Waals surface area contributed by atoms with Crippen LogP contribution >= 0.6 is 0 Å². The maximum Gasteiger partial charge on any atom is 0.308 e. The number of sulfonamides is 1. The van der Waals surface area contributed by atoms with Gasteiger partial charge in [-0.15, -0.1) is 0 Å². The van der Waals surface area contributed by atoms with E-state index in [4.69, 9.17) is 0 Å². The number of carboxylic acid groups (broad SMARTS) is 1. The number of carbonyl (C=O) groups is 2. The number of hydrogen-bond acceptors (Lipinski definition) is 4. The summed E-state index contributed by atoms with van der Waals surface area (Å²) >= 11 is 0. The van der Waals surface area contributed by atoms with E-state index in [9.17, 15) is 23.1 Å². The lowest BCUT2D eigenvalue weighted by molar-refractivity contribution is -0.142. The Bertz CT molecular complexity index is 774. The van der Waals surface area contributed by atoms with Gasteiger partial charge < -0.3 is 10.4 Å². The molecule has 0 bridgehead atoms. The highest BCUT2D eigenvalue weighted by atomic mass is 32.2. The van der Waals surface area contributed by atoms with E-state index in [-0.39, 0.29) is 16.8 Å². The Morgan fingerprint density at radius 1 is 1.11 bits per heavy atom. The van der Waals surface area contributed by atoms with Crippen LogP contribution in [0.2, 0.25) is 0 Å². The quantitative estimate of drug-likeness (QED) is 0.719. The van der Waals surface area contributed by atoms with E-state index >= 15 is 0 Å². The van der Waals surface area contributed by atoms with Gasteiger partial charge in [-0.2, -0.15) is 4.31 Å². The maximum atomic E-state index is 12.5. The van der Waals surface area contributed by atoms with Crippen LogP contribution in [0.4, 0.5) is 0 Å². The molecule has 7 nitrogen and oxygen atoms in total. The van der Waals surface area contributed by atoms with Gasteiger partial charge in [0, 0.05) is 24.7 Å². The van der Waals surface area contributed by atoms with Crippen LogP contribution in [0.15, 0.2) is 29.2 Å². The molecule has 2 atom stereocenters. The zero-order valence-corrected chi connectivity index (χ0v) is 16.8. The molecule has 0 saturated heterocycles. The van der Waals surface area contributed by atoms with E-state index < -0.39 is 28.0 Å². The summed E-state index contributed by atoms with van der Waals surface area (Å²) in [7, 11) is -2.10. The third-order valence-corrected chi connectivity index (χ3v) is 7.22. The largest absolute Gasteiger partial charge is 0.481 e. The molecule has 1 saturated carbocycles. The fraction of sp³-hybridized carbons (Fsp3) is 0.579. The van der Waals surface area contributed by atoms with Crippen molar-refractivity contribution >= 4 is 21.9 Å². The molecule has 1 fully saturated rings. The van der Waals surface area contributed by atoms with Crippen LogP contribution in [0.3, 0.4) is 0 Å². The Morgan fingerprint density at radius 3 is 2.26 bits per heavy atom. The topological polar surface area (TPSA) is 104 Å². The van der Waals surface area contributed by atoms with Crippen molar-refractivity contribution in [2.45, 2.75) is 62.9 Å². The third-order valence-electron chi connectivity index (χ3n) is 5.17. The molecule has 8 heteroatoms. The minimum Gasteiger partial charge on any atom is -0.481 e. The molecule has 1 aromatic rings. The van der Waals surface area contributed by atoms with Crippen molar-refractivity contribution in [3.05, 3.63) is 29.8 Å². The number of aliphatic carboxylic acids is 1. The Kier molecular flexibility index (Phi) is 7.00. The van der Waals surface area contributed by atoms with E-state index in [0.29, 0.717) is 18.4 Å². The Hall–Kier alpha value is -1.93. The molecular weight excluding hydrogens is 368 g/mol. The van der Waals surface area contributed by atoms with Gasteiger partial charge in [0.15, 0.2) is 0 Å². The summed E-state index contributed by atoms with van der Waals surface area (Å²) in [4.78, 5) is 24.1. The molecule has 1 aliphatic carbocycles. The van der Waals surface area contributed by atoms with Crippen LogP contribution in [0.25, 0.3) is 0 Å². The van der Waals surface area contributed by atoms with E-state index in [1.54, 1.807) is 13.8 Å². The predicted molar refractivity (Wildman–Crippen MR) is 102 cm³/mol. The second-order valence-electron chi connectivity index (χ2n) is 7.30. The molecule has 1 aliphatic rings. The van der Waals surface area contributed by atoms with E-state index in [1.807, 2.05) is 0 Å². The second kappa shape index (κ2) is 8.84. The molecule has 0 radical (unpaired) electrons. The van der Waals surface area contributed by atoms with Crippen molar-refractivity contribution < 1.29 is 23.1 Å². The first kappa shape index (κ1) is 21.4. The van der Waals surface area contributed by atoms with Gasteiger partial charge in [0.1, 0.15) is 0 Å². The number of hydrogen-bond donors (Lipinski definition) is 2. The fourth-order valence-electron chi connectivity index (χ4n) is 3.25. The SMILES string of the molecule is CC(C)N(C)S(=O)(=O)c1ccc(C(=O)N[C@H]2CCCCC[C@H]2C(=O)O)cc1. The lowest BCUT2D eigenvalue weighted by Gasteiger charge is -2.23. The fourth-order valence-corrected chi connectivity index (χ4v) is 4.62. The lowest BCUT2D eigenvalue weighted by Crippen LogP contribution is -2.42. The predicted octanol–water partition coefficient (Wildman–Crippen LogP) is 2.48. The van der Waals surface area contributed by atoms with Gasteiger partial charge in [0.05, 0.1) is 10.8 Å². The maximum absolute atomic E-state index is 12.5. The summed E-state index contributed by atoms with van der Waals surface area (Å²) in [5.41, 5.74) is 0.314. The van der Waals surface area contributed by atoms with Crippen molar-refractivity contribution in [2.24, 2.45) is 5.92 Å². The van der Waals surface area contributed by atoms with Crippen LogP contribution in [0.1, 0.15) is 56.3 Å². The standard InChI is InChI=1S/C19H28N2O5S/c1-13(2)21(3)27(25,26)15-11-9-14(10-12-15)18(22)20-17-8-6-4-5-7-16(17)19(23)24/h9-13,16-17H,4-8H2,1-3H3,(H,20,22)(H,23,24)/t16-,17+/m1/s1. The molecule has 0 heterocycles. The average Bonchev–Trinajstić information content (AvgIpc) is 2.86. The molecule has 27 heavy (non-hydrogen) atoms. The van der Waals surface area contributed by atoms with E-state index in [2.05, 4.69) is 5.32 Å². The summed E-state index contributed by atoms with van der Waals surface area (Å²) in [5, 5.41) is 12.2. The highest BCUT2D eigenvalue weighted by molar-refractivity contribution is 7.89. The van der Waals surface area contributed by atoms with Gasteiger partial charge in [-0.05, 0) is 51.0 Å². The summed E-state index contributed by atoms with van der Waals surface area (Å²) in [6, 6.07) is 5.15. The average molecular weight is 397 g/mol. The number of benzene rings is 1. The molecule has 0 spiro atoms. The molecule has 1 aromatic carbocycles. The first-order valence-corrected chi connectivity index (χ1v) is 10.7. The smallest absolute Gasteiger partial charge is 0.308 e. The van der Waals surface area contributed by atoms with Crippen molar-refractivity contribution in [1.29, 1.82) is 0 Å². The molecule has 0 unspecified atom stereocenters. The summed E-state index contributed by atoms with van der Waals surface area (Å²) < 4.78 is 26.2. The summed E-state index contributed by atoms with van der Waals surface area (Å²) in [5.74, 6) is -1.86. The minimum atomic E-state index is -3.61. The number of rotatable bonds is 6. The Labute approximate surface area is 160 Å². The Morgan fingerprint density at radius 2 is 1.70 bits per heavy atom. The van der Waals surface area contributed by atoms with Crippen molar-refractivity contribution in [3.63, 3.8) is 0 Å². The van der Waals surface area contributed by atoms with E-state index in [1.165, 1.54) is 35.6 Å². The zero-order valence-electron chi connectivity index (χ0n) is 16.0. The van der Waals surface area contributed by atoms with Crippen molar-refractivity contribution in [1.82, 2.24) is 9.62 Å². The van der Waals surface area contributed by atoms with Crippen LogP contribution in [-0.2, 0) is 14.8 Å². The van der Waals surface area contributed by atoms with Gasteiger partial charge in [-0.1, -0.05) is 19.3 Å². The molecule has 2 rings (SSSR count). The van der Waals surface area contributed by atoms with Crippen LogP contribution in [0, 0.1) is 5.92 Å².